The van der Waals surface area contributed by atoms with Crippen molar-refractivity contribution >= 4 is 56.7 Å². The fraction of sp³-hybridized carbons (Fsp3) is 0.152. The van der Waals surface area contributed by atoms with Gasteiger partial charge in [-0.05, 0) is 71.6 Å². The third kappa shape index (κ3) is 7.01. The number of carbonyl (C=O) groups is 2. The predicted molar refractivity (Wildman–Crippen MR) is 171 cm³/mol. The van der Waals surface area contributed by atoms with Gasteiger partial charge in [-0.2, -0.15) is 4.31 Å². The lowest BCUT2D eigenvalue weighted by atomic mass is 9.88. The number of aliphatic carboxylic acids is 1. The molecule has 0 spiro atoms. The number of hydrogen-bond donors (Lipinski definition) is 2. The van der Waals surface area contributed by atoms with Gasteiger partial charge in [-0.3, -0.25) is 4.79 Å². The van der Waals surface area contributed by atoms with Gasteiger partial charge in [-0.1, -0.05) is 95.5 Å². The molecule has 0 aromatic heterocycles. The van der Waals surface area contributed by atoms with Crippen LogP contribution in [0.25, 0.3) is 0 Å². The minimum absolute atomic E-state index is 0.0323. The summed E-state index contributed by atoms with van der Waals surface area (Å²) in [6, 6.07) is 24.9. The van der Waals surface area contributed by atoms with Crippen LogP contribution in [-0.2, 0) is 26.0 Å². The monoisotopic (exact) mass is 668 g/mol. The third-order valence-electron chi connectivity index (χ3n) is 7.35. The Hall–Kier alpha value is -3.66. The molecule has 3 atom stereocenters. The minimum Gasteiger partial charge on any atom is -0.480 e. The lowest BCUT2D eigenvalue weighted by molar-refractivity contribution is -0.141. The highest BCUT2D eigenvalue weighted by Crippen LogP contribution is 2.46. The molecule has 0 bridgehead atoms. The molecule has 2 N–H and O–H groups in total. The summed E-state index contributed by atoms with van der Waals surface area (Å²) < 4.78 is 30.4. The van der Waals surface area contributed by atoms with Gasteiger partial charge in [0.1, 0.15) is 6.04 Å². The Kier molecular flexibility index (Phi) is 9.78. The smallest absolute Gasteiger partial charge is 0.326 e. The molecule has 5 rings (SSSR count). The second kappa shape index (κ2) is 13.5. The Morgan fingerprint density at radius 3 is 2.05 bits per heavy atom. The van der Waals surface area contributed by atoms with E-state index in [0.29, 0.717) is 26.2 Å². The second-order valence-electron chi connectivity index (χ2n) is 10.3. The van der Waals surface area contributed by atoms with E-state index in [0.717, 1.165) is 5.56 Å². The van der Waals surface area contributed by atoms with E-state index in [1.807, 2.05) is 6.07 Å². The summed E-state index contributed by atoms with van der Waals surface area (Å²) in [4.78, 5) is 26.2. The van der Waals surface area contributed by atoms with Crippen molar-refractivity contribution in [1.82, 2.24) is 9.62 Å². The molecule has 7 nitrogen and oxygen atoms in total. The molecule has 2 unspecified atom stereocenters. The number of benzene rings is 4. The summed E-state index contributed by atoms with van der Waals surface area (Å²) >= 11 is 18.8. The second-order valence-corrected chi connectivity index (χ2v) is 13.4. The molecule has 1 amide bonds. The van der Waals surface area contributed by atoms with Gasteiger partial charge in [0, 0.05) is 27.1 Å². The maximum atomic E-state index is 14.5. The van der Waals surface area contributed by atoms with Crippen LogP contribution in [-0.4, -0.2) is 35.7 Å². The Labute approximate surface area is 270 Å². The molecule has 4 aromatic rings. The molecule has 4 aromatic carbocycles. The van der Waals surface area contributed by atoms with Crippen LogP contribution in [0.2, 0.25) is 15.1 Å². The first-order valence-electron chi connectivity index (χ1n) is 13.6. The van der Waals surface area contributed by atoms with Crippen LogP contribution in [0.5, 0.6) is 0 Å². The zero-order valence-electron chi connectivity index (χ0n) is 23.1. The van der Waals surface area contributed by atoms with E-state index >= 15 is 0 Å². The minimum atomic E-state index is -4.31. The van der Waals surface area contributed by atoms with E-state index in [-0.39, 0.29) is 23.3 Å². The van der Waals surface area contributed by atoms with E-state index in [9.17, 15) is 23.1 Å². The van der Waals surface area contributed by atoms with Gasteiger partial charge in [0.15, 0.2) is 0 Å². The van der Waals surface area contributed by atoms with Crippen LogP contribution >= 0.6 is 34.8 Å². The fourth-order valence-electron chi connectivity index (χ4n) is 5.31. The Balaban J connectivity index is 1.65. The maximum absolute atomic E-state index is 14.5. The highest BCUT2D eigenvalue weighted by atomic mass is 35.5. The van der Waals surface area contributed by atoms with Crippen LogP contribution in [0, 0.1) is 0 Å². The van der Waals surface area contributed by atoms with Crippen molar-refractivity contribution in [2.75, 3.05) is 0 Å². The molecule has 0 aliphatic carbocycles. The SMILES string of the molecule is O=C(N[C@@H](Cc1ccccc1)C(=O)O)C1=CCC(c2cccc(Cl)c2)N(S(=O)(=O)c2ccc(Cl)cc2)C1c1cccc(Cl)c1. The Bertz CT molecular complexity index is 1810. The highest BCUT2D eigenvalue weighted by Gasteiger charge is 2.45. The molecule has 0 fully saturated rings. The normalized spacial score (nSPS) is 17.8. The number of hydrogen-bond acceptors (Lipinski definition) is 4. The van der Waals surface area contributed by atoms with Gasteiger partial charge in [-0.25, -0.2) is 13.2 Å². The molecule has 0 radical (unpaired) electrons. The van der Waals surface area contributed by atoms with Crippen molar-refractivity contribution in [3.63, 3.8) is 0 Å². The van der Waals surface area contributed by atoms with Gasteiger partial charge in [-0.15, -0.1) is 0 Å². The molecule has 1 aliphatic heterocycles. The quantitative estimate of drug-likeness (QED) is 0.195. The zero-order chi connectivity index (χ0) is 31.4. The maximum Gasteiger partial charge on any atom is 0.326 e. The first-order chi connectivity index (χ1) is 21.0. The van der Waals surface area contributed by atoms with Crippen molar-refractivity contribution in [3.8, 4) is 0 Å². The topological polar surface area (TPSA) is 104 Å². The molecule has 44 heavy (non-hydrogen) atoms. The fourth-order valence-corrected chi connectivity index (χ4v) is 7.62. The zero-order valence-corrected chi connectivity index (χ0v) is 26.2. The Morgan fingerprint density at radius 2 is 1.43 bits per heavy atom. The first-order valence-corrected chi connectivity index (χ1v) is 16.2. The number of nitrogens with one attached hydrogen (secondary N) is 1. The average Bonchev–Trinajstić information content (AvgIpc) is 3.00. The highest BCUT2D eigenvalue weighted by molar-refractivity contribution is 7.89. The number of nitrogens with zero attached hydrogens (tertiary/aromatic N) is 1. The van der Waals surface area contributed by atoms with E-state index in [4.69, 9.17) is 34.8 Å². The number of rotatable bonds is 9. The largest absolute Gasteiger partial charge is 0.480 e. The van der Waals surface area contributed by atoms with Crippen molar-refractivity contribution in [2.45, 2.75) is 35.9 Å². The third-order valence-corrected chi connectivity index (χ3v) is 9.96. The summed E-state index contributed by atoms with van der Waals surface area (Å²) in [6.45, 7) is 0. The van der Waals surface area contributed by atoms with Gasteiger partial charge in [0.2, 0.25) is 15.9 Å². The van der Waals surface area contributed by atoms with Crippen LogP contribution in [0.15, 0.2) is 120 Å². The number of sulfonamides is 1. The van der Waals surface area contributed by atoms with E-state index < -0.39 is 40.0 Å². The van der Waals surface area contributed by atoms with Gasteiger partial charge in [0.05, 0.1) is 17.0 Å². The van der Waals surface area contributed by atoms with Crippen LogP contribution in [0.1, 0.15) is 35.2 Å². The standard InChI is InChI=1S/C33H27Cl3N2O5S/c34-24-12-14-27(15-13-24)44(42,43)38-30(22-8-4-10-25(35)19-22)17-16-28(31(38)23-9-5-11-26(36)20-23)32(39)37-29(33(40)41)18-21-6-2-1-3-7-21/h1-16,19-20,29-31H,17-18H2,(H,37,39)(H,40,41)/t29-,30?,31?/m0/s1. The molecule has 1 heterocycles. The van der Waals surface area contributed by atoms with Crippen LogP contribution in [0.4, 0.5) is 0 Å². The lowest BCUT2D eigenvalue weighted by Crippen LogP contribution is -2.48. The van der Waals surface area contributed by atoms with Crippen LogP contribution in [0.3, 0.4) is 0 Å². The summed E-state index contributed by atoms with van der Waals surface area (Å²) in [5.74, 6) is -1.93. The van der Waals surface area contributed by atoms with E-state index in [1.54, 1.807) is 78.9 Å². The Morgan fingerprint density at radius 1 is 0.818 bits per heavy atom. The van der Waals surface area contributed by atoms with Crippen molar-refractivity contribution in [2.24, 2.45) is 0 Å². The predicted octanol–water partition coefficient (Wildman–Crippen LogP) is 7.26. The summed E-state index contributed by atoms with van der Waals surface area (Å²) in [7, 11) is -4.31. The van der Waals surface area contributed by atoms with Gasteiger partial charge < -0.3 is 10.4 Å². The molecule has 11 heteroatoms. The van der Waals surface area contributed by atoms with Crippen molar-refractivity contribution in [3.05, 3.63) is 147 Å². The lowest BCUT2D eigenvalue weighted by Gasteiger charge is -2.41. The summed E-state index contributed by atoms with van der Waals surface area (Å²) in [5.41, 5.74) is 1.84. The molecule has 0 saturated heterocycles. The van der Waals surface area contributed by atoms with Crippen LogP contribution < -0.4 is 5.32 Å². The number of amides is 1. The summed E-state index contributed by atoms with van der Waals surface area (Å²) in [6.07, 6.45) is 1.81. The summed E-state index contributed by atoms with van der Waals surface area (Å²) in [5, 5.41) is 13.7. The van der Waals surface area contributed by atoms with Crippen molar-refractivity contribution < 1.29 is 23.1 Å². The first kappa shape index (κ1) is 31.8. The number of carbonyl (C=O) groups excluding carboxylic acids is 1. The molecular weight excluding hydrogens is 643 g/mol. The van der Waals surface area contributed by atoms with E-state index in [1.165, 1.54) is 28.6 Å². The van der Waals surface area contributed by atoms with E-state index in [2.05, 4.69) is 5.32 Å². The molecule has 1 aliphatic rings. The molecule has 226 valence electrons. The molecule has 0 saturated carbocycles. The van der Waals surface area contributed by atoms with Crippen molar-refractivity contribution in [1.29, 1.82) is 0 Å². The number of carboxylic acids is 1. The average molecular weight is 670 g/mol. The molecular formula is C33H27Cl3N2O5S. The number of carboxylic acid groups (broad SMARTS) is 1. The van der Waals surface area contributed by atoms with Gasteiger partial charge >= 0.3 is 5.97 Å². The number of halogens is 3. The van der Waals surface area contributed by atoms with Gasteiger partial charge in [0.25, 0.3) is 0 Å².